The highest BCUT2D eigenvalue weighted by Gasteiger charge is 2.08. The molecule has 0 saturated heterocycles. The van der Waals surface area contributed by atoms with Crippen LogP contribution in [0.4, 0.5) is 10.2 Å². The Kier molecular flexibility index (Phi) is 6.78. The average molecular weight is 397 g/mol. The van der Waals surface area contributed by atoms with Crippen molar-refractivity contribution in [1.29, 1.82) is 0 Å². The van der Waals surface area contributed by atoms with Gasteiger partial charge in [0.15, 0.2) is 0 Å². The van der Waals surface area contributed by atoms with E-state index < -0.39 is 6.67 Å². The van der Waals surface area contributed by atoms with Gasteiger partial charge in [0, 0.05) is 44.4 Å². The minimum absolute atomic E-state index is 0.0348. The number of carbonyl (C=O) groups is 1. The summed E-state index contributed by atoms with van der Waals surface area (Å²) < 4.78 is 17.6. The SMILES string of the molecule is CN(C)C(=O)CCNc1ccc(-c2cc(-c3cccc(OCCF)c3)[nH]n2)cn1. The zero-order valence-electron chi connectivity index (χ0n) is 16.5. The standard InChI is InChI=1S/C21H24FN5O2/c1-27(2)21(28)8-10-23-20-7-6-16(14-24-20)19-13-18(25-26-19)15-4-3-5-17(12-15)29-11-9-22/h3-7,12-14H,8-11H2,1-2H3,(H,23,24)(H,25,26). The monoisotopic (exact) mass is 397 g/mol. The molecule has 2 aromatic heterocycles. The summed E-state index contributed by atoms with van der Waals surface area (Å²) in [4.78, 5) is 17.5. The lowest BCUT2D eigenvalue weighted by Crippen LogP contribution is -2.24. The molecule has 0 aliphatic heterocycles. The third kappa shape index (κ3) is 5.54. The lowest BCUT2D eigenvalue weighted by Gasteiger charge is -2.10. The Morgan fingerprint density at radius 3 is 2.79 bits per heavy atom. The summed E-state index contributed by atoms with van der Waals surface area (Å²) >= 11 is 0. The molecule has 152 valence electrons. The van der Waals surface area contributed by atoms with E-state index in [1.807, 2.05) is 36.4 Å². The van der Waals surface area contributed by atoms with Crippen molar-refractivity contribution >= 4 is 11.7 Å². The number of amides is 1. The second kappa shape index (κ2) is 9.68. The van der Waals surface area contributed by atoms with E-state index in [-0.39, 0.29) is 12.5 Å². The van der Waals surface area contributed by atoms with Crippen LogP contribution in [-0.2, 0) is 4.79 Å². The fourth-order valence-electron chi connectivity index (χ4n) is 2.70. The number of alkyl halides is 1. The van der Waals surface area contributed by atoms with Crippen molar-refractivity contribution in [1.82, 2.24) is 20.1 Å². The molecule has 0 radical (unpaired) electrons. The van der Waals surface area contributed by atoms with E-state index >= 15 is 0 Å². The van der Waals surface area contributed by atoms with E-state index in [9.17, 15) is 9.18 Å². The molecule has 3 aromatic rings. The highest BCUT2D eigenvalue weighted by molar-refractivity contribution is 5.76. The van der Waals surface area contributed by atoms with Crippen LogP contribution in [0.3, 0.4) is 0 Å². The number of hydrogen-bond donors (Lipinski definition) is 2. The van der Waals surface area contributed by atoms with Gasteiger partial charge < -0.3 is 15.0 Å². The van der Waals surface area contributed by atoms with Gasteiger partial charge in [-0.3, -0.25) is 9.89 Å². The number of aromatic nitrogens is 3. The molecule has 0 unspecified atom stereocenters. The molecule has 1 aromatic carbocycles. The van der Waals surface area contributed by atoms with E-state index in [0.29, 0.717) is 24.5 Å². The zero-order valence-corrected chi connectivity index (χ0v) is 16.5. The number of carbonyl (C=O) groups excluding carboxylic acids is 1. The maximum atomic E-state index is 12.3. The summed E-state index contributed by atoms with van der Waals surface area (Å²) in [5.74, 6) is 1.38. The number of ether oxygens (including phenoxy) is 1. The smallest absolute Gasteiger partial charge is 0.223 e. The van der Waals surface area contributed by atoms with Crippen molar-refractivity contribution in [3.05, 3.63) is 48.7 Å². The van der Waals surface area contributed by atoms with Crippen molar-refractivity contribution < 1.29 is 13.9 Å². The topological polar surface area (TPSA) is 83.1 Å². The number of aromatic amines is 1. The first kappa shape index (κ1) is 20.3. The summed E-state index contributed by atoms with van der Waals surface area (Å²) in [5.41, 5.74) is 3.36. The van der Waals surface area contributed by atoms with Gasteiger partial charge in [0.25, 0.3) is 0 Å². The van der Waals surface area contributed by atoms with E-state index in [2.05, 4.69) is 20.5 Å². The maximum Gasteiger partial charge on any atom is 0.223 e. The lowest BCUT2D eigenvalue weighted by atomic mass is 10.1. The Labute approximate surface area is 168 Å². The summed E-state index contributed by atoms with van der Waals surface area (Å²) in [5, 5.41) is 10.5. The van der Waals surface area contributed by atoms with Crippen molar-refractivity contribution in [2.75, 3.05) is 39.2 Å². The number of anilines is 1. The van der Waals surface area contributed by atoms with Crippen LogP contribution in [-0.4, -0.2) is 59.9 Å². The number of rotatable bonds is 9. The third-order valence-electron chi connectivity index (χ3n) is 4.27. The quantitative estimate of drug-likeness (QED) is 0.578. The number of nitrogens with zero attached hydrogens (tertiary/aromatic N) is 3. The van der Waals surface area contributed by atoms with Gasteiger partial charge in [0.05, 0.1) is 11.4 Å². The van der Waals surface area contributed by atoms with Gasteiger partial charge in [0.1, 0.15) is 24.8 Å². The van der Waals surface area contributed by atoms with Crippen molar-refractivity contribution in [2.24, 2.45) is 0 Å². The Bertz CT molecular complexity index is 940. The Morgan fingerprint density at radius 2 is 2.07 bits per heavy atom. The summed E-state index contributed by atoms with van der Waals surface area (Å²) in [6.45, 7) is 0.0337. The second-order valence-corrected chi connectivity index (χ2v) is 6.63. The molecular weight excluding hydrogens is 373 g/mol. The number of halogens is 1. The predicted octanol–water partition coefficient (Wildman–Crippen LogP) is 3.38. The molecule has 0 atom stereocenters. The van der Waals surface area contributed by atoms with Crippen molar-refractivity contribution in [2.45, 2.75) is 6.42 Å². The van der Waals surface area contributed by atoms with Gasteiger partial charge in [-0.05, 0) is 30.3 Å². The average Bonchev–Trinajstić information content (AvgIpc) is 3.23. The minimum Gasteiger partial charge on any atom is -0.491 e. The first-order valence-electron chi connectivity index (χ1n) is 9.32. The fraction of sp³-hybridized carbons (Fsp3) is 0.286. The first-order chi connectivity index (χ1) is 14.1. The molecule has 0 saturated carbocycles. The Morgan fingerprint density at radius 1 is 1.21 bits per heavy atom. The third-order valence-corrected chi connectivity index (χ3v) is 4.27. The van der Waals surface area contributed by atoms with Gasteiger partial charge in [0.2, 0.25) is 5.91 Å². The van der Waals surface area contributed by atoms with Gasteiger partial charge >= 0.3 is 0 Å². The number of H-pyrrole nitrogens is 1. The van der Waals surface area contributed by atoms with E-state index in [1.165, 1.54) is 0 Å². The maximum absolute atomic E-state index is 12.3. The van der Waals surface area contributed by atoms with Crippen LogP contribution in [0.1, 0.15) is 6.42 Å². The van der Waals surface area contributed by atoms with Gasteiger partial charge in [-0.15, -0.1) is 0 Å². The normalized spacial score (nSPS) is 10.6. The van der Waals surface area contributed by atoms with Crippen LogP contribution in [0.5, 0.6) is 5.75 Å². The van der Waals surface area contributed by atoms with Crippen LogP contribution < -0.4 is 10.1 Å². The summed E-state index contributed by atoms with van der Waals surface area (Å²) in [6.07, 6.45) is 2.14. The van der Waals surface area contributed by atoms with Gasteiger partial charge in [-0.2, -0.15) is 5.10 Å². The van der Waals surface area contributed by atoms with E-state index in [4.69, 9.17) is 4.74 Å². The number of hydrogen-bond acceptors (Lipinski definition) is 5. The molecule has 1 amide bonds. The molecule has 0 fully saturated rings. The molecule has 0 bridgehead atoms. The van der Waals surface area contributed by atoms with Crippen LogP contribution >= 0.6 is 0 Å². The second-order valence-electron chi connectivity index (χ2n) is 6.63. The van der Waals surface area contributed by atoms with Gasteiger partial charge in [-0.1, -0.05) is 12.1 Å². The van der Waals surface area contributed by atoms with Crippen molar-refractivity contribution in [3.8, 4) is 28.3 Å². The fourth-order valence-corrected chi connectivity index (χ4v) is 2.70. The minimum atomic E-state index is -0.526. The van der Waals surface area contributed by atoms with Crippen LogP contribution in [0.15, 0.2) is 48.7 Å². The number of pyridine rings is 1. The van der Waals surface area contributed by atoms with Crippen LogP contribution in [0.25, 0.3) is 22.5 Å². The van der Waals surface area contributed by atoms with Gasteiger partial charge in [-0.25, -0.2) is 9.37 Å². The summed E-state index contributed by atoms with van der Waals surface area (Å²) in [7, 11) is 3.47. The van der Waals surface area contributed by atoms with Crippen LogP contribution in [0, 0.1) is 0 Å². The predicted molar refractivity (Wildman–Crippen MR) is 111 cm³/mol. The largest absolute Gasteiger partial charge is 0.491 e. The first-order valence-corrected chi connectivity index (χ1v) is 9.32. The van der Waals surface area contributed by atoms with E-state index in [1.54, 1.807) is 31.3 Å². The highest BCUT2D eigenvalue weighted by atomic mass is 19.1. The highest BCUT2D eigenvalue weighted by Crippen LogP contribution is 2.26. The number of benzene rings is 1. The Hall–Kier alpha value is -3.42. The molecule has 2 heterocycles. The zero-order chi connectivity index (χ0) is 20.6. The molecule has 0 spiro atoms. The van der Waals surface area contributed by atoms with E-state index in [0.717, 1.165) is 22.5 Å². The Balaban J connectivity index is 1.64. The lowest BCUT2D eigenvalue weighted by molar-refractivity contribution is -0.128. The molecule has 0 aliphatic rings. The molecular formula is C21H24FN5O2. The molecule has 7 nitrogen and oxygen atoms in total. The van der Waals surface area contributed by atoms with Crippen LogP contribution in [0.2, 0.25) is 0 Å². The molecule has 2 N–H and O–H groups in total. The molecule has 3 rings (SSSR count). The number of nitrogens with one attached hydrogen (secondary N) is 2. The molecule has 29 heavy (non-hydrogen) atoms. The molecule has 8 heteroatoms. The summed E-state index contributed by atoms with van der Waals surface area (Å²) in [6, 6.07) is 13.1. The van der Waals surface area contributed by atoms with Crippen molar-refractivity contribution in [3.63, 3.8) is 0 Å². The molecule has 0 aliphatic carbocycles.